The minimum absolute atomic E-state index is 0.267. The van der Waals surface area contributed by atoms with E-state index in [1.807, 2.05) is 7.05 Å². The second-order valence-corrected chi connectivity index (χ2v) is 6.07. The van der Waals surface area contributed by atoms with Gasteiger partial charge in [-0.2, -0.15) is 0 Å². The topological polar surface area (TPSA) is 12.0 Å². The van der Waals surface area contributed by atoms with Crippen molar-refractivity contribution in [2.75, 3.05) is 7.05 Å². The number of halogens is 1. The Bertz CT molecular complexity index is 592. The van der Waals surface area contributed by atoms with Crippen molar-refractivity contribution in [1.82, 2.24) is 5.32 Å². The molecule has 1 N–H and O–H groups in total. The number of fused-ring (bicyclic) bond motifs is 1. The quantitative estimate of drug-likeness (QED) is 0.893. The summed E-state index contributed by atoms with van der Waals surface area (Å²) in [6, 6.07) is 15.8. The van der Waals surface area contributed by atoms with E-state index in [2.05, 4.69) is 63.7 Å². The van der Waals surface area contributed by atoms with Gasteiger partial charge in [-0.25, -0.2) is 0 Å². The van der Waals surface area contributed by atoms with Crippen LogP contribution >= 0.6 is 15.9 Å². The molecule has 2 heteroatoms. The second-order valence-electron chi connectivity index (χ2n) is 5.16. The smallest absolute Gasteiger partial charge is 0.0574 e. The SMILES string of the molecule is CNC(c1cccc(Br)c1)c1ccc2c(c1)CCC2. The predicted octanol–water partition coefficient (Wildman–Crippen LogP) is 4.25. The van der Waals surface area contributed by atoms with Crippen molar-refractivity contribution in [2.45, 2.75) is 25.3 Å². The maximum Gasteiger partial charge on any atom is 0.0574 e. The van der Waals surface area contributed by atoms with Crippen molar-refractivity contribution < 1.29 is 0 Å². The molecule has 2 aromatic carbocycles. The van der Waals surface area contributed by atoms with Gasteiger partial charge in [-0.15, -0.1) is 0 Å². The summed E-state index contributed by atoms with van der Waals surface area (Å²) in [5.74, 6) is 0. The summed E-state index contributed by atoms with van der Waals surface area (Å²) in [5, 5.41) is 3.43. The molecule has 0 aliphatic heterocycles. The summed E-state index contributed by atoms with van der Waals surface area (Å²) in [7, 11) is 2.03. The lowest BCUT2D eigenvalue weighted by Gasteiger charge is -2.18. The van der Waals surface area contributed by atoms with E-state index in [1.54, 1.807) is 0 Å². The van der Waals surface area contributed by atoms with Crippen molar-refractivity contribution in [2.24, 2.45) is 0 Å². The van der Waals surface area contributed by atoms with Crippen LogP contribution < -0.4 is 5.32 Å². The number of hydrogen-bond donors (Lipinski definition) is 1. The lowest BCUT2D eigenvalue weighted by Crippen LogP contribution is -2.17. The molecule has 0 aromatic heterocycles. The summed E-state index contributed by atoms with van der Waals surface area (Å²) in [6.45, 7) is 0. The largest absolute Gasteiger partial charge is 0.309 e. The fraction of sp³-hybridized carbons (Fsp3) is 0.294. The summed E-state index contributed by atoms with van der Waals surface area (Å²) < 4.78 is 1.13. The molecule has 0 radical (unpaired) electrons. The van der Waals surface area contributed by atoms with Gasteiger partial charge in [-0.1, -0.05) is 46.3 Å². The monoisotopic (exact) mass is 315 g/mol. The van der Waals surface area contributed by atoms with Crippen LogP contribution in [0.3, 0.4) is 0 Å². The number of aryl methyl sites for hydroxylation is 2. The zero-order valence-electron chi connectivity index (χ0n) is 11.1. The zero-order chi connectivity index (χ0) is 13.2. The molecule has 19 heavy (non-hydrogen) atoms. The third-order valence-electron chi connectivity index (χ3n) is 3.93. The summed E-state index contributed by atoms with van der Waals surface area (Å²) >= 11 is 3.55. The lowest BCUT2D eigenvalue weighted by atomic mass is 9.96. The first-order chi connectivity index (χ1) is 9.28. The molecule has 1 aliphatic rings. The van der Waals surface area contributed by atoms with Crippen LogP contribution in [-0.2, 0) is 12.8 Å². The molecule has 1 unspecified atom stereocenters. The predicted molar refractivity (Wildman–Crippen MR) is 83.5 cm³/mol. The average Bonchev–Trinajstić information content (AvgIpc) is 2.87. The Hall–Kier alpha value is -1.12. The van der Waals surface area contributed by atoms with Gasteiger partial charge in [0.15, 0.2) is 0 Å². The van der Waals surface area contributed by atoms with Crippen molar-refractivity contribution in [3.8, 4) is 0 Å². The first-order valence-corrected chi connectivity index (χ1v) is 7.61. The molecule has 2 aromatic rings. The van der Waals surface area contributed by atoms with Crippen molar-refractivity contribution in [1.29, 1.82) is 0 Å². The molecule has 0 spiro atoms. The van der Waals surface area contributed by atoms with E-state index < -0.39 is 0 Å². The molecule has 0 heterocycles. The summed E-state index contributed by atoms with van der Waals surface area (Å²) in [4.78, 5) is 0. The molecule has 0 saturated carbocycles. The molecular weight excluding hydrogens is 298 g/mol. The molecular formula is C17H18BrN. The second kappa shape index (κ2) is 5.48. The minimum Gasteiger partial charge on any atom is -0.309 e. The minimum atomic E-state index is 0.267. The highest BCUT2D eigenvalue weighted by molar-refractivity contribution is 9.10. The Morgan fingerprint density at radius 3 is 2.58 bits per heavy atom. The van der Waals surface area contributed by atoms with Crippen molar-refractivity contribution >= 4 is 15.9 Å². The van der Waals surface area contributed by atoms with E-state index in [1.165, 1.54) is 41.5 Å². The van der Waals surface area contributed by atoms with Crippen LogP contribution in [0.4, 0.5) is 0 Å². The van der Waals surface area contributed by atoms with Crippen LogP contribution in [0.15, 0.2) is 46.9 Å². The third-order valence-corrected chi connectivity index (χ3v) is 4.42. The molecule has 0 fully saturated rings. The highest BCUT2D eigenvalue weighted by atomic mass is 79.9. The first-order valence-electron chi connectivity index (χ1n) is 6.82. The zero-order valence-corrected chi connectivity index (χ0v) is 12.7. The highest BCUT2D eigenvalue weighted by Gasteiger charge is 2.16. The van der Waals surface area contributed by atoms with Gasteiger partial charge >= 0.3 is 0 Å². The Kier molecular flexibility index (Phi) is 3.72. The number of rotatable bonds is 3. The van der Waals surface area contributed by atoms with Crippen LogP contribution in [0.2, 0.25) is 0 Å². The molecule has 3 rings (SSSR count). The lowest BCUT2D eigenvalue weighted by molar-refractivity contribution is 0.690. The van der Waals surface area contributed by atoms with Gasteiger partial charge in [0.2, 0.25) is 0 Å². The normalized spacial score (nSPS) is 15.3. The Morgan fingerprint density at radius 1 is 1.00 bits per heavy atom. The van der Waals surface area contributed by atoms with Crippen LogP contribution in [0.25, 0.3) is 0 Å². The van der Waals surface area contributed by atoms with E-state index in [4.69, 9.17) is 0 Å². The maximum atomic E-state index is 3.55. The fourth-order valence-electron chi connectivity index (χ4n) is 2.98. The maximum absolute atomic E-state index is 3.55. The van der Waals surface area contributed by atoms with Crippen LogP contribution in [0, 0.1) is 0 Å². The van der Waals surface area contributed by atoms with Gasteiger partial charge in [0.05, 0.1) is 6.04 Å². The van der Waals surface area contributed by atoms with Gasteiger partial charge in [0, 0.05) is 4.47 Å². The van der Waals surface area contributed by atoms with Crippen LogP contribution in [0.5, 0.6) is 0 Å². The molecule has 0 amide bonds. The summed E-state index contributed by atoms with van der Waals surface area (Å²) in [6.07, 6.45) is 3.79. The molecule has 1 aliphatic carbocycles. The summed E-state index contributed by atoms with van der Waals surface area (Å²) in [5.41, 5.74) is 5.73. The van der Waals surface area contributed by atoms with Gasteiger partial charge in [0.25, 0.3) is 0 Å². The Balaban J connectivity index is 1.98. The number of hydrogen-bond acceptors (Lipinski definition) is 1. The highest BCUT2D eigenvalue weighted by Crippen LogP contribution is 2.29. The molecule has 1 atom stereocenters. The molecule has 0 saturated heterocycles. The van der Waals surface area contributed by atoms with E-state index in [-0.39, 0.29) is 6.04 Å². The number of nitrogens with one attached hydrogen (secondary N) is 1. The molecule has 0 bridgehead atoms. The van der Waals surface area contributed by atoms with E-state index >= 15 is 0 Å². The average molecular weight is 316 g/mol. The molecule has 98 valence electrons. The van der Waals surface area contributed by atoms with E-state index in [0.29, 0.717) is 0 Å². The van der Waals surface area contributed by atoms with Gasteiger partial charge in [-0.3, -0.25) is 0 Å². The first kappa shape index (κ1) is 12.9. The standard InChI is InChI=1S/C17H18BrN/c1-19-17(14-6-3-7-16(18)11-14)15-9-8-12-4-2-5-13(12)10-15/h3,6-11,17,19H,2,4-5H2,1H3. The number of benzene rings is 2. The van der Waals surface area contributed by atoms with Gasteiger partial charge in [-0.05, 0) is 60.7 Å². The van der Waals surface area contributed by atoms with Crippen LogP contribution in [0.1, 0.15) is 34.7 Å². The van der Waals surface area contributed by atoms with E-state index in [0.717, 1.165) is 4.47 Å². The molecule has 1 nitrogen and oxygen atoms in total. The Labute approximate surface area is 123 Å². The van der Waals surface area contributed by atoms with Crippen molar-refractivity contribution in [3.05, 3.63) is 69.2 Å². The Morgan fingerprint density at radius 2 is 1.79 bits per heavy atom. The van der Waals surface area contributed by atoms with E-state index in [9.17, 15) is 0 Å². The fourth-order valence-corrected chi connectivity index (χ4v) is 3.40. The van der Waals surface area contributed by atoms with Gasteiger partial charge < -0.3 is 5.32 Å². The van der Waals surface area contributed by atoms with Crippen molar-refractivity contribution in [3.63, 3.8) is 0 Å². The van der Waals surface area contributed by atoms with Crippen LogP contribution in [-0.4, -0.2) is 7.05 Å². The van der Waals surface area contributed by atoms with Gasteiger partial charge in [0.1, 0.15) is 0 Å². The third kappa shape index (κ3) is 2.60.